The lowest BCUT2D eigenvalue weighted by molar-refractivity contribution is 0.0774. The van der Waals surface area contributed by atoms with Gasteiger partial charge in [0.25, 0.3) is 15.9 Å². The predicted octanol–water partition coefficient (Wildman–Crippen LogP) is 5.08. The highest BCUT2D eigenvalue weighted by Crippen LogP contribution is 2.26. The van der Waals surface area contributed by atoms with Gasteiger partial charge in [0.15, 0.2) is 0 Å². The van der Waals surface area contributed by atoms with Crippen LogP contribution in [-0.4, -0.2) is 39.4 Å². The largest absolute Gasteiger partial charge is 0.492 e. The van der Waals surface area contributed by atoms with E-state index in [1.807, 2.05) is 0 Å². The van der Waals surface area contributed by atoms with Crippen LogP contribution in [0.15, 0.2) is 71.6 Å². The van der Waals surface area contributed by atoms with Gasteiger partial charge in [-0.1, -0.05) is 23.2 Å². The number of ether oxygens (including phenoxy) is 1. The summed E-state index contributed by atoms with van der Waals surface area (Å²) in [6.45, 7) is 0.544. The van der Waals surface area contributed by atoms with Crippen LogP contribution < -0.4 is 9.46 Å². The third-order valence-corrected chi connectivity index (χ3v) is 6.40. The van der Waals surface area contributed by atoms with E-state index in [4.69, 9.17) is 27.9 Å². The molecule has 0 unspecified atom stereocenters. The molecule has 0 aromatic heterocycles. The second-order valence-electron chi connectivity index (χ2n) is 6.78. The first kappa shape index (κ1) is 23.8. The molecule has 3 rings (SSSR count). The summed E-state index contributed by atoms with van der Waals surface area (Å²) in [5.74, 6) is -0.277. The smallest absolute Gasteiger partial charge is 0.261 e. The third kappa shape index (κ3) is 6.12. The molecule has 0 spiro atoms. The first-order valence-electron chi connectivity index (χ1n) is 9.37. The quantitative estimate of drug-likeness (QED) is 0.471. The van der Waals surface area contributed by atoms with Gasteiger partial charge in [-0.3, -0.25) is 9.52 Å². The summed E-state index contributed by atoms with van der Waals surface area (Å²) in [5.41, 5.74) is 0.271. The highest BCUT2D eigenvalue weighted by molar-refractivity contribution is 7.92. The van der Waals surface area contributed by atoms with Crippen LogP contribution in [0, 0.1) is 5.82 Å². The van der Waals surface area contributed by atoms with E-state index in [0.717, 1.165) is 24.3 Å². The average molecular weight is 497 g/mol. The van der Waals surface area contributed by atoms with Crippen LogP contribution in [0.3, 0.4) is 0 Å². The molecule has 0 radical (unpaired) electrons. The number of hydrogen-bond acceptors (Lipinski definition) is 4. The molecule has 0 saturated heterocycles. The Kier molecular flexibility index (Phi) is 7.60. The van der Waals surface area contributed by atoms with Crippen molar-refractivity contribution in [1.29, 1.82) is 0 Å². The molecule has 1 amide bonds. The zero-order chi connectivity index (χ0) is 23.3. The highest BCUT2D eigenvalue weighted by Gasteiger charge is 2.19. The van der Waals surface area contributed by atoms with Gasteiger partial charge in [0, 0.05) is 17.6 Å². The van der Waals surface area contributed by atoms with Crippen molar-refractivity contribution in [3.63, 3.8) is 0 Å². The van der Waals surface area contributed by atoms with Crippen molar-refractivity contribution in [2.24, 2.45) is 0 Å². The third-order valence-electron chi connectivity index (χ3n) is 4.44. The number of halogens is 3. The van der Waals surface area contributed by atoms with Crippen molar-refractivity contribution in [3.05, 3.63) is 88.2 Å². The van der Waals surface area contributed by atoms with Crippen LogP contribution in [0.1, 0.15) is 10.4 Å². The Morgan fingerprint density at radius 3 is 2.34 bits per heavy atom. The predicted molar refractivity (Wildman–Crippen MR) is 123 cm³/mol. The van der Waals surface area contributed by atoms with Gasteiger partial charge in [-0.05, 0) is 66.7 Å². The molecule has 32 heavy (non-hydrogen) atoms. The number of anilines is 1. The molecule has 10 heteroatoms. The Balaban J connectivity index is 1.67. The van der Waals surface area contributed by atoms with E-state index in [1.54, 1.807) is 31.3 Å². The van der Waals surface area contributed by atoms with Crippen LogP contribution in [0.25, 0.3) is 0 Å². The number of likely N-dealkylation sites (N-methyl/N-ethyl adjacent to an activating group) is 1. The van der Waals surface area contributed by atoms with Gasteiger partial charge in [0.1, 0.15) is 18.2 Å². The molecule has 0 saturated carbocycles. The minimum atomic E-state index is -4.02. The van der Waals surface area contributed by atoms with Crippen LogP contribution in [0.4, 0.5) is 10.1 Å². The number of sulfonamides is 1. The standard InChI is InChI=1S/C22H19Cl2FN2O4S/c1-27(12-13-31-18-7-3-16(23)4-8-18)22(28)15-2-11-20(24)21(14-15)26-32(29,30)19-9-5-17(25)6-10-19/h2-11,14,26H,12-13H2,1H3. The minimum absolute atomic E-state index is 0.0349. The summed E-state index contributed by atoms with van der Waals surface area (Å²) in [5, 5.41) is 0.708. The van der Waals surface area contributed by atoms with Crippen molar-refractivity contribution < 1.29 is 22.3 Å². The molecule has 1 N–H and O–H groups in total. The molecular weight excluding hydrogens is 478 g/mol. The van der Waals surface area contributed by atoms with Gasteiger partial charge < -0.3 is 9.64 Å². The molecule has 0 fully saturated rings. The number of benzene rings is 3. The van der Waals surface area contributed by atoms with Gasteiger partial charge in [-0.2, -0.15) is 0 Å². The number of carbonyl (C=O) groups excluding carboxylic acids is 1. The zero-order valence-electron chi connectivity index (χ0n) is 16.9. The molecule has 3 aromatic carbocycles. The van der Waals surface area contributed by atoms with Gasteiger partial charge in [0.2, 0.25) is 0 Å². The molecule has 0 aliphatic carbocycles. The van der Waals surface area contributed by atoms with Crippen molar-refractivity contribution in [3.8, 4) is 5.75 Å². The topological polar surface area (TPSA) is 75.7 Å². The van der Waals surface area contributed by atoms with E-state index in [1.165, 1.54) is 23.1 Å². The van der Waals surface area contributed by atoms with Gasteiger partial charge in [-0.15, -0.1) is 0 Å². The van der Waals surface area contributed by atoms with Gasteiger partial charge >= 0.3 is 0 Å². The Bertz CT molecular complexity index is 1200. The first-order valence-corrected chi connectivity index (χ1v) is 11.6. The Morgan fingerprint density at radius 2 is 1.69 bits per heavy atom. The molecule has 168 valence electrons. The summed E-state index contributed by atoms with van der Waals surface area (Å²) in [6, 6.07) is 15.5. The molecular formula is C22H19Cl2FN2O4S. The van der Waals surface area contributed by atoms with E-state index in [2.05, 4.69) is 4.72 Å². The van der Waals surface area contributed by atoms with Crippen molar-refractivity contribution in [1.82, 2.24) is 4.90 Å². The van der Waals surface area contributed by atoms with Crippen LogP contribution in [-0.2, 0) is 10.0 Å². The van der Waals surface area contributed by atoms with E-state index >= 15 is 0 Å². The summed E-state index contributed by atoms with van der Waals surface area (Å²) in [7, 11) is -2.42. The maximum absolute atomic E-state index is 13.1. The summed E-state index contributed by atoms with van der Waals surface area (Å²) >= 11 is 12.0. The van der Waals surface area contributed by atoms with Crippen molar-refractivity contribution in [2.75, 3.05) is 24.9 Å². The number of amides is 1. The molecule has 6 nitrogen and oxygen atoms in total. The molecule has 0 atom stereocenters. The number of hydrogen-bond donors (Lipinski definition) is 1. The number of nitrogens with one attached hydrogen (secondary N) is 1. The Morgan fingerprint density at radius 1 is 1.03 bits per heavy atom. The number of nitrogens with zero attached hydrogens (tertiary/aromatic N) is 1. The molecule has 3 aromatic rings. The highest BCUT2D eigenvalue weighted by atomic mass is 35.5. The zero-order valence-corrected chi connectivity index (χ0v) is 19.2. The second-order valence-corrected chi connectivity index (χ2v) is 9.31. The fraction of sp³-hybridized carbons (Fsp3) is 0.136. The monoisotopic (exact) mass is 496 g/mol. The van der Waals surface area contributed by atoms with E-state index in [0.29, 0.717) is 17.3 Å². The second kappa shape index (κ2) is 10.2. The maximum atomic E-state index is 13.1. The van der Waals surface area contributed by atoms with E-state index < -0.39 is 15.8 Å². The van der Waals surface area contributed by atoms with E-state index in [-0.39, 0.29) is 33.7 Å². The van der Waals surface area contributed by atoms with Gasteiger partial charge in [0.05, 0.1) is 22.2 Å². The average Bonchev–Trinajstić information content (AvgIpc) is 2.76. The molecule has 0 aliphatic rings. The van der Waals surface area contributed by atoms with Gasteiger partial charge in [-0.25, -0.2) is 12.8 Å². The molecule has 0 bridgehead atoms. The fourth-order valence-electron chi connectivity index (χ4n) is 2.71. The Hall–Kier alpha value is -2.81. The number of rotatable bonds is 8. The molecule has 0 aliphatic heterocycles. The maximum Gasteiger partial charge on any atom is 0.261 e. The lowest BCUT2D eigenvalue weighted by atomic mass is 10.2. The normalized spacial score (nSPS) is 11.1. The van der Waals surface area contributed by atoms with Crippen LogP contribution in [0.2, 0.25) is 10.0 Å². The SMILES string of the molecule is CN(CCOc1ccc(Cl)cc1)C(=O)c1ccc(Cl)c(NS(=O)(=O)c2ccc(F)cc2)c1. The Labute approximate surface area is 195 Å². The molecule has 0 heterocycles. The lowest BCUT2D eigenvalue weighted by Crippen LogP contribution is -2.31. The summed E-state index contributed by atoms with van der Waals surface area (Å²) < 4.78 is 46.2. The fourth-order valence-corrected chi connectivity index (χ4v) is 4.12. The van der Waals surface area contributed by atoms with Crippen LogP contribution in [0.5, 0.6) is 5.75 Å². The minimum Gasteiger partial charge on any atom is -0.492 e. The van der Waals surface area contributed by atoms with Crippen molar-refractivity contribution >= 4 is 44.8 Å². The first-order chi connectivity index (χ1) is 15.2. The van der Waals surface area contributed by atoms with Crippen molar-refractivity contribution in [2.45, 2.75) is 4.90 Å². The summed E-state index contributed by atoms with van der Waals surface area (Å²) in [4.78, 5) is 14.1. The summed E-state index contributed by atoms with van der Waals surface area (Å²) in [6.07, 6.45) is 0. The number of carbonyl (C=O) groups is 1. The van der Waals surface area contributed by atoms with Crippen LogP contribution >= 0.6 is 23.2 Å². The van der Waals surface area contributed by atoms with E-state index in [9.17, 15) is 17.6 Å². The lowest BCUT2D eigenvalue weighted by Gasteiger charge is -2.18.